The van der Waals surface area contributed by atoms with Crippen molar-refractivity contribution in [3.8, 4) is 0 Å². The van der Waals surface area contributed by atoms with Crippen LogP contribution >= 0.6 is 0 Å². The Morgan fingerprint density at radius 2 is 2.25 bits per heavy atom. The van der Waals surface area contributed by atoms with E-state index in [1.807, 2.05) is 6.92 Å². The van der Waals surface area contributed by atoms with E-state index in [0.717, 1.165) is 19.4 Å². The van der Waals surface area contributed by atoms with Crippen molar-refractivity contribution in [3.05, 3.63) is 0 Å². The fourth-order valence-corrected chi connectivity index (χ4v) is 2.15. The number of hydrogen-bond donors (Lipinski definition) is 3. The highest BCUT2D eigenvalue weighted by molar-refractivity contribution is 7.87. The standard InChI is InChI=1S/C6H15N3O2S/c1-5-4-6(2-3-8-5)9-12(7,10)11/h5-6,8-9H,2-4H2,1H3,(H2,7,10,11). The van der Waals surface area contributed by atoms with Crippen LogP contribution in [0.4, 0.5) is 0 Å². The van der Waals surface area contributed by atoms with Gasteiger partial charge in [0.05, 0.1) is 0 Å². The van der Waals surface area contributed by atoms with Crippen molar-refractivity contribution in [1.82, 2.24) is 10.0 Å². The summed E-state index contributed by atoms with van der Waals surface area (Å²) in [7, 11) is -3.52. The van der Waals surface area contributed by atoms with Crippen LogP contribution in [0.1, 0.15) is 19.8 Å². The van der Waals surface area contributed by atoms with Gasteiger partial charge < -0.3 is 5.32 Å². The monoisotopic (exact) mass is 193 g/mol. The minimum Gasteiger partial charge on any atom is -0.314 e. The molecule has 0 aromatic heterocycles. The molecule has 1 rings (SSSR count). The van der Waals surface area contributed by atoms with Crippen molar-refractivity contribution in [1.29, 1.82) is 0 Å². The molecule has 2 unspecified atom stereocenters. The van der Waals surface area contributed by atoms with E-state index in [-0.39, 0.29) is 6.04 Å². The molecule has 0 aromatic rings. The van der Waals surface area contributed by atoms with Crippen LogP contribution in [0, 0.1) is 0 Å². The highest BCUT2D eigenvalue weighted by atomic mass is 32.2. The summed E-state index contributed by atoms with van der Waals surface area (Å²) in [5.41, 5.74) is 0. The van der Waals surface area contributed by atoms with Gasteiger partial charge in [-0.1, -0.05) is 0 Å². The molecule has 0 bridgehead atoms. The van der Waals surface area contributed by atoms with Crippen molar-refractivity contribution >= 4 is 10.2 Å². The minimum atomic E-state index is -3.52. The second-order valence-corrected chi connectivity index (χ2v) is 4.57. The predicted molar refractivity (Wildman–Crippen MR) is 46.7 cm³/mol. The van der Waals surface area contributed by atoms with Crippen molar-refractivity contribution in [2.45, 2.75) is 31.8 Å². The van der Waals surface area contributed by atoms with Crippen LogP contribution < -0.4 is 15.2 Å². The van der Waals surface area contributed by atoms with Gasteiger partial charge in [0.15, 0.2) is 0 Å². The van der Waals surface area contributed by atoms with Crippen LogP contribution in [0.25, 0.3) is 0 Å². The largest absolute Gasteiger partial charge is 0.314 e. The molecule has 5 nitrogen and oxygen atoms in total. The molecule has 4 N–H and O–H groups in total. The summed E-state index contributed by atoms with van der Waals surface area (Å²) < 4.78 is 23.7. The van der Waals surface area contributed by atoms with Crippen LogP contribution in [0.15, 0.2) is 0 Å². The summed E-state index contributed by atoms with van der Waals surface area (Å²) in [5, 5.41) is 8.07. The topological polar surface area (TPSA) is 84.2 Å². The van der Waals surface area contributed by atoms with Crippen LogP contribution in [-0.4, -0.2) is 27.0 Å². The van der Waals surface area contributed by atoms with Crippen LogP contribution in [0.3, 0.4) is 0 Å². The van der Waals surface area contributed by atoms with E-state index in [1.165, 1.54) is 0 Å². The molecule has 72 valence electrons. The van der Waals surface area contributed by atoms with E-state index in [9.17, 15) is 8.42 Å². The van der Waals surface area contributed by atoms with Crippen LogP contribution in [-0.2, 0) is 10.2 Å². The van der Waals surface area contributed by atoms with E-state index in [2.05, 4.69) is 10.0 Å². The number of nitrogens with one attached hydrogen (secondary N) is 2. The first-order chi connectivity index (χ1) is 5.47. The molecule has 12 heavy (non-hydrogen) atoms. The molecule has 0 aliphatic carbocycles. The summed E-state index contributed by atoms with van der Waals surface area (Å²) in [6.45, 7) is 2.87. The van der Waals surface area contributed by atoms with E-state index in [0.29, 0.717) is 6.04 Å². The number of piperidine rings is 1. The molecule has 6 heteroatoms. The molecule has 1 heterocycles. The summed E-state index contributed by atoms with van der Waals surface area (Å²) in [5.74, 6) is 0. The fraction of sp³-hybridized carbons (Fsp3) is 1.00. The van der Waals surface area contributed by atoms with Crippen molar-refractivity contribution < 1.29 is 8.42 Å². The molecule has 1 aliphatic rings. The van der Waals surface area contributed by atoms with Gasteiger partial charge in [-0.25, -0.2) is 5.14 Å². The van der Waals surface area contributed by atoms with Gasteiger partial charge in [0, 0.05) is 12.1 Å². The van der Waals surface area contributed by atoms with E-state index in [4.69, 9.17) is 5.14 Å². The lowest BCUT2D eigenvalue weighted by Crippen LogP contribution is -2.48. The molecular formula is C6H15N3O2S. The van der Waals surface area contributed by atoms with Gasteiger partial charge in [-0.15, -0.1) is 0 Å². The summed E-state index contributed by atoms with van der Waals surface area (Å²) in [6.07, 6.45) is 1.61. The average molecular weight is 193 g/mol. The van der Waals surface area contributed by atoms with E-state index in [1.54, 1.807) is 0 Å². The Bertz CT molecular complexity index is 239. The average Bonchev–Trinajstić information content (AvgIpc) is 1.82. The maximum atomic E-state index is 10.7. The Morgan fingerprint density at radius 1 is 1.58 bits per heavy atom. The van der Waals surface area contributed by atoms with Crippen LogP contribution in [0.2, 0.25) is 0 Å². The van der Waals surface area contributed by atoms with Gasteiger partial charge in [-0.3, -0.25) is 0 Å². The molecule has 1 fully saturated rings. The number of rotatable bonds is 2. The summed E-state index contributed by atoms with van der Waals surface area (Å²) in [4.78, 5) is 0. The van der Waals surface area contributed by atoms with Gasteiger partial charge >= 0.3 is 0 Å². The Labute approximate surface area is 72.9 Å². The van der Waals surface area contributed by atoms with Crippen molar-refractivity contribution in [2.75, 3.05) is 6.54 Å². The second-order valence-electron chi connectivity index (χ2n) is 3.24. The fourth-order valence-electron chi connectivity index (χ4n) is 1.47. The van der Waals surface area contributed by atoms with Crippen molar-refractivity contribution in [3.63, 3.8) is 0 Å². The first-order valence-electron chi connectivity index (χ1n) is 4.01. The zero-order chi connectivity index (χ0) is 9.19. The second kappa shape index (κ2) is 3.69. The lowest BCUT2D eigenvalue weighted by molar-refractivity contribution is 0.361. The molecule has 2 atom stereocenters. The summed E-state index contributed by atoms with van der Waals surface area (Å²) >= 11 is 0. The number of nitrogens with two attached hydrogens (primary N) is 1. The number of hydrogen-bond acceptors (Lipinski definition) is 3. The molecular weight excluding hydrogens is 178 g/mol. The maximum Gasteiger partial charge on any atom is 0.274 e. The van der Waals surface area contributed by atoms with Gasteiger partial charge in [0.2, 0.25) is 0 Å². The first kappa shape index (κ1) is 9.91. The van der Waals surface area contributed by atoms with E-state index >= 15 is 0 Å². The maximum absolute atomic E-state index is 10.7. The normalized spacial score (nSPS) is 31.8. The van der Waals surface area contributed by atoms with Gasteiger partial charge in [-0.05, 0) is 26.3 Å². The van der Waals surface area contributed by atoms with Gasteiger partial charge in [-0.2, -0.15) is 13.1 Å². The Kier molecular flexibility index (Phi) is 3.05. The molecule has 0 amide bonds. The minimum absolute atomic E-state index is 0.00347. The first-order valence-corrected chi connectivity index (χ1v) is 5.55. The third-order valence-corrected chi connectivity index (χ3v) is 2.62. The molecule has 0 aromatic carbocycles. The van der Waals surface area contributed by atoms with Gasteiger partial charge in [0.1, 0.15) is 0 Å². The van der Waals surface area contributed by atoms with E-state index < -0.39 is 10.2 Å². The summed E-state index contributed by atoms with van der Waals surface area (Å²) in [6, 6.07) is 0.356. The SMILES string of the molecule is CC1CC(NS(N)(=O)=O)CCN1. The molecule has 1 aliphatic heterocycles. The third-order valence-electron chi connectivity index (χ3n) is 1.95. The Balaban J connectivity index is 2.43. The zero-order valence-corrected chi connectivity index (χ0v) is 7.89. The Hall–Kier alpha value is -0.170. The quantitative estimate of drug-likeness (QED) is 0.521. The smallest absolute Gasteiger partial charge is 0.274 e. The zero-order valence-electron chi connectivity index (χ0n) is 7.08. The predicted octanol–water partition coefficient (Wildman–Crippen LogP) is -1.08. The van der Waals surface area contributed by atoms with Crippen molar-refractivity contribution in [2.24, 2.45) is 5.14 Å². The molecule has 1 saturated heterocycles. The highest BCUT2D eigenvalue weighted by Gasteiger charge is 2.20. The highest BCUT2D eigenvalue weighted by Crippen LogP contribution is 2.07. The lowest BCUT2D eigenvalue weighted by Gasteiger charge is -2.27. The van der Waals surface area contributed by atoms with Crippen LogP contribution in [0.5, 0.6) is 0 Å². The van der Waals surface area contributed by atoms with Gasteiger partial charge in [0.25, 0.3) is 10.2 Å². The lowest BCUT2D eigenvalue weighted by atomic mass is 10.0. The Morgan fingerprint density at radius 3 is 2.75 bits per heavy atom. The molecule has 0 radical (unpaired) electrons. The third kappa shape index (κ3) is 3.48. The molecule has 0 saturated carbocycles. The molecule has 0 spiro atoms.